The van der Waals surface area contributed by atoms with Gasteiger partial charge >= 0.3 is 23.9 Å². The monoisotopic (exact) mass is 564 g/mol. The van der Waals surface area contributed by atoms with Crippen LogP contribution in [0.15, 0.2) is 42.5 Å². The standard InChI is InChI=1S/C27H29ClO11/c1-14(29)35-13-23-24(36-15(2)30)25(37-16(3)31)26(38-17(4)32)27(34,39-23)20-7-10-22(28)19(12-20)11-18-5-8-21(33)9-6-18/h5-10,12,23-26,33-34H,11,13H2,1-4H3/t23-,24-,25+,26-,27+/m1/s1. The lowest BCUT2D eigenvalue weighted by Gasteiger charge is -2.48. The van der Waals surface area contributed by atoms with Crippen LogP contribution in [0.25, 0.3) is 0 Å². The number of rotatable bonds is 8. The normalized spacial score (nSPS) is 24.4. The smallest absolute Gasteiger partial charge is 0.303 e. The molecule has 210 valence electrons. The predicted octanol–water partition coefficient (Wildman–Crippen LogP) is 2.54. The van der Waals surface area contributed by atoms with Crippen LogP contribution in [0, 0.1) is 0 Å². The van der Waals surface area contributed by atoms with Crippen LogP contribution in [0.2, 0.25) is 5.02 Å². The van der Waals surface area contributed by atoms with E-state index in [1.54, 1.807) is 12.1 Å². The van der Waals surface area contributed by atoms with Gasteiger partial charge in [-0.3, -0.25) is 19.2 Å². The van der Waals surface area contributed by atoms with Gasteiger partial charge in [-0.15, -0.1) is 0 Å². The first kappa shape index (κ1) is 29.9. The van der Waals surface area contributed by atoms with Crippen LogP contribution < -0.4 is 0 Å². The van der Waals surface area contributed by atoms with Crippen molar-refractivity contribution in [2.75, 3.05) is 6.61 Å². The van der Waals surface area contributed by atoms with Crippen LogP contribution >= 0.6 is 11.6 Å². The van der Waals surface area contributed by atoms with Gasteiger partial charge in [-0.2, -0.15) is 0 Å². The Morgan fingerprint density at radius 1 is 0.872 bits per heavy atom. The minimum atomic E-state index is -2.47. The van der Waals surface area contributed by atoms with Crippen molar-refractivity contribution in [1.29, 1.82) is 0 Å². The molecule has 1 heterocycles. The Labute approximate surface area is 229 Å². The Kier molecular flexibility index (Phi) is 9.54. The number of hydrogen-bond donors (Lipinski definition) is 2. The van der Waals surface area contributed by atoms with Crippen LogP contribution in [0.3, 0.4) is 0 Å². The van der Waals surface area contributed by atoms with E-state index in [4.69, 9.17) is 35.3 Å². The van der Waals surface area contributed by atoms with Crippen molar-refractivity contribution in [3.63, 3.8) is 0 Å². The van der Waals surface area contributed by atoms with Crippen molar-refractivity contribution in [3.05, 3.63) is 64.2 Å². The van der Waals surface area contributed by atoms with Gasteiger partial charge in [-0.25, -0.2) is 0 Å². The summed E-state index contributed by atoms with van der Waals surface area (Å²) < 4.78 is 27.2. The molecule has 0 radical (unpaired) electrons. The number of aliphatic hydroxyl groups is 1. The van der Waals surface area contributed by atoms with E-state index in [1.165, 1.54) is 30.3 Å². The molecule has 5 atom stereocenters. The molecule has 0 amide bonds. The molecular formula is C27H29ClO11. The molecule has 11 nitrogen and oxygen atoms in total. The summed E-state index contributed by atoms with van der Waals surface area (Å²) in [7, 11) is 0. The fraction of sp³-hybridized carbons (Fsp3) is 0.407. The van der Waals surface area contributed by atoms with Crippen molar-refractivity contribution in [3.8, 4) is 5.75 Å². The number of carbonyl (C=O) groups is 4. The van der Waals surface area contributed by atoms with E-state index in [9.17, 15) is 29.4 Å². The fourth-order valence-electron chi connectivity index (χ4n) is 4.28. The van der Waals surface area contributed by atoms with Gasteiger partial charge in [-0.1, -0.05) is 29.8 Å². The third-order valence-corrected chi connectivity index (χ3v) is 6.21. The Hall–Kier alpha value is -3.67. The summed E-state index contributed by atoms with van der Waals surface area (Å²) in [4.78, 5) is 47.7. The zero-order valence-corrected chi connectivity index (χ0v) is 22.5. The summed E-state index contributed by atoms with van der Waals surface area (Å²) >= 11 is 6.43. The number of esters is 4. The molecular weight excluding hydrogens is 536 g/mol. The number of ether oxygens (including phenoxy) is 5. The highest BCUT2D eigenvalue weighted by Gasteiger charge is 2.60. The zero-order chi connectivity index (χ0) is 28.9. The molecule has 2 aromatic carbocycles. The zero-order valence-electron chi connectivity index (χ0n) is 21.7. The third-order valence-electron chi connectivity index (χ3n) is 5.84. The van der Waals surface area contributed by atoms with Crippen LogP contribution in [0.5, 0.6) is 5.75 Å². The lowest BCUT2D eigenvalue weighted by molar-refractivity contribution is -0.360. The van der Waals surface area contributed by atoms with Crippen LogP contribution in [-0.2, 0) is 55.1 Å². The van der Waals surface area contributed by atoms with E-state index in [1.807, 2.05) is 0 Å². The fourth-order valence-corrected chi connectivity index (χ4v) is 4.46. The summed E-state index contributed by atoms with van der Waals surface area (Å²) in [5, 5.41) is 21.9. The van der Waals surface area contributed by atoms with E-state index in [0.29, 0.717) is 17.0 Å². The summed E-state index contributed by atoms with van der Waals surface area (Å²) in [6, 6.07) is 10.9. The van der Waals surface area contributed by atoms with Gasteiger partial charge in [0, 0.05) is 38.3 Å². The molecule has 0 unspecified atom stereocenters. The highest BCUT2D eigenvalue weighted by Crippen LogP contribution is 2.42. The predicted molar refractivity (Wildman–Crippen MR) is 134 cm³/mol. The second kappa shape index (κ2) is 12.5. The molecule has 0 aromatic heterocycles. The number of benzene rings is 2. The van der Waals surface area contributed by atoms with Crippen molar-refractivity contribution >= 4 is 35.5 Å². The molecule has 1 aliphatic heterocycles. The van der Waals surface area contributed by atoms with Crippen LogP contribution in [0.1, 0.15) is 44.4 Å². The minimum Gasteiger partial charge on any atom is -0.508 e. The highest BCUT2D eigenvalue weighted by atomic mass is 35.5. The van der Waals surface area contributed by atoms with Gasteiger partial charge in [0.25, 0.3) is 0 Å². The van der Waals surface area contributed by atoms with E-state index in [0.717, 1.165) is 33.3 Å². The first-order valence-corrected chi connectivity index (χ1v) is 12.3. The molecule has 2 aromatic rings. The van der Waals surface area contributed by atoms with Crippen LogP contribution in [0.4, 0.5) is 0 Å². The van der Waals surface area contributed by atoms with Gasteiger partial charge < -0.3 is 33.9 Å². The third kappa shape index (κ3) is 7.47. The van der Waals surface area contributed by atoms with Gasteiger partial charge in [0.2, 0.25) is 11.9 Å². The van der Waals surface area contributed by atoms with Crippen molar-refractivity contribution in [2.45, 2.75) is 64.3 Å². The second-order valence-electron chi connectivity index (χ2n) is 8.98. The average molecular weight is 565 g/mol. The summed E-state index contributed by atoms with van der Waals surface area (Å²) in [6.45, 7) is 3.92. The number of halogens is 1. The Balaban J connectivity index is 2.14. The van der Waals surface area contributed by atoms with E-state index in [-0.39, 0.29) is 11.3 Å². The number of phenolic OH excluding ortho intramolecular Hbond substituents is 1. The summed E-state index contributed by atoms with van der Waals surface area (Å²) in [5.41, 5.74) is 1.40. The van der Waals surface area contributed by atoms with Gasteiger partial charge in [0.05, 0.1) is 0 Å². The maximum Gasteiger partial charge on any atom is 0.303 e. The van der Waals surface area contributed by atoms with Crippen molar-refractivity contribution in [2.24, 2.45) is 0 Å². The molecule has 1 saturated heterocycles. The maximum atomic E-state index is 12.1. The molecule has 0 aliphatic carbocycles. The number of phenols is 1. The first-order chi connectivity index (χ1) is 18.3. The lowest BCUT2D eigenvalue weighted by Crippen LogP contribution is -2.66. The molecule has 1 fully saturated rings. The molecule has 0 spiro atoms. The topological polar surface area (TPSA) is 155 Å². The lowest BCUT2D eigenvalue weighted by atomic mass is 9.86. The number of carbonyl (C=O) groups excluding carboxylic acids is 4. The van der Waals surface area contributed by atoms with Gasteiger partial charge in [-0.05, 0) is 41.8 Å². The summed E-state index contributed by atoms with van der Waals surface area (Å²) in [5.74, 6) is -5.53. The molecule has 2 N–H and O–H groups in total. The number of aromatic hydroxyl groups is 1. The maximum absolute atomic E-state index is 12.1. The molecule has 39 heavy (non-hydrogen) atoms. The quantitative estimate of drug-likeness (QED) is 0.359. The average Bonchev–Trinajstić information content (AvgIpc) is 2.84. The Morgan fingerprint density at radius 2 is 1.46 bits per heavy atom. The number of hydrogen-bond acceptors (Lipinski definition) is 11. The largest absolute Gasteiger partial charge is 0.508 e. The molecule has 0 saturated carbocycles. The SMILES string of the molecule is CC(=O)OC[C@H]1O[C@@](O)(c2ccc(Cl)c(Cc3ccc(O)cc3)c2)[C@H](OC(C)=O)[C@@H](OC(C)=O)[C@@H]1OC(C)=O. The van der Waals surface area contributed by atoms with E-state index < -0.39 is 60.7 Å². The van der Waals surface area contributed by atoms with Gasteiger partial charge in [0.15, 0.2) is 12.2 Å². The first-order valence-electron chi connectivity index (χ1n) is 11.9. The minimum absolute atomic E-state index is 0.0678. The Bertz CT molecular complexity index is 1230. The molecule has 0 bridgehead atoms. The van der Waals surface area contributed by atoms with E-state index in [2.05, 4.69) is 0 Å². The molecule has 1 aliphatic rings. The highest BCUT2D eigenvalue weighted by molar-refractivity contribution is 6.31. The molecule has 3 rings (SSSR count). The van der Waals surface area contributed by atoms with E-state index >= 15 is 0 Å². The van der Waals surface area contributed by atoms with Crippen LogP contribution in [-0.4, -0.2) is 65.1 Å². The van der Waals surface area contributed by atoms with Crippen molar-refractivity contribution < 1.29 is 53.1 Å². The second-order valence-corrected chi connectivity index (χ2v) is 9.39. The summed E-state index contributed by atoms with van der Waals surface area (Å²) in [6.07, 6.45) is -5.72. The Morgan fingerprint density at radius 3 is 2.03 bits per heavy atom. The molecule has 12 heteroatoms. The van der Waals surface area contributed by atoms with Crippen molar-refractivity contribution in [1.82, 2.24) is 0 Å². The van der Waals surface area contributed by atoms with Gasteiger partial charge in [0.1, 0.15) is 18.5 Å².